The number of carbonyl (C=O) groups excluding carboxylic acids is 2. The minimum Gasteiger partial charge on any atom is -0.361 e. The summed E-state index contributed by atoms with van der Waals surface area (Å²) in [5.41, 5.74) is 3.83. The molecule has 0 aliphatic rings. The number of fused-ring (bicyclic) bond motifs is 1. The van der Waals surface area contributed by atoms with E-state index in [1.807, 2.05) is 30.5 Å². The fraction of sp³-hybridized carbons (Fsp3) is 0.130. The van der Waals surface area contributed by atoms with Crippen LogP contribution in [0.3, 0.4) is 0 Å². The van der Waals surface area contributed by atoms with E-state index in [9.17, 15) is 9.59 Å². The number of nitrogens with one attached hydrogen (secondary N) is 3. The highest BCUT2D eigenvalue weighted by molar-refractivity contribution is 5.95. The highest BCUT2D eigenvalue weighted by Gasteiger charge is 2.09. The first-order valence-electron chi connectivity index (χ1n) is 9.65. The molecule has 0 fully saturated rings. The van der Waals surface area contributed by atoms with Crippen LogP contribution in [0, 0.1) is 0 Å². The Labute approximate surface area is 173 Å². The third-order valence-corrected chi connectivity index (χ3v) is 4.79. The lowest BCUT2D eigenvalue weighted by molar-refractivity contribution is 0.0947. The average molecular weight is 399 g/mol. The van der Waals surface area contributed by atoms with Crippen molar-refractivity contribution in [2.24, 2.45) is 0 Å². The zero-order valence-corrected chi connectivity index (χ0v) is 16.5. The van der Waals surface area contributed by atoms with Crippen LogP contribution >= 0.6 is 0 Å². The number of anilines is 2. The fourth-order valence-electron chi connectivity index (χ4n) is 3.22. The Bertz CT molecular complexity index is 1200. The second kappa shape index (κ2) is 8.57. The zero-order valence-electron chi connectivity index (χ0n) is 16.5. The highest BCUT2D eigenvalue weighted by atomic mass is 16.2. The number of hydrogen-bond acceptors (Lipinski definition) is 5. The molecule has 2 aromatic carbocycles. The number of ketones is 1. The largest absolute Gasteiger partial charge is 0.361 e. The summed E-state index contributed by atoms with van der Waals surface area (Å²) >= 11 is 0. The van der Waals surface area contributed by atoms with E-state index in [1.54, 1.807) is 30.3 Å². The summed E-state index contributed by atoms with van der Waals surface area (Å²) in [4.78, 5) is 27.1. The molecule has 0 atom stereocenters. The van der Waals surface area contributed by atoms with E-state index in [0.29, 0.717) is 17.9 Å². The van der Waals surface area contributed by atoms with Gasteiger partial charge in [0.25, 0.3) is 5.91 Å². The molecule has 0 spiro atoms. The smallest absolute Gasteiger partial charge is 0.271 e. The van der Waals surface area contributed by atoms with Gasteiger partial charge in [0.1, 0.15) is 0 Å². The highest BCUT2D eigenvalue weighted by Crippen LogP contribution is 2.18. The molecule has 7 nitrogen and oxygen atoms in total. The van der Waals surface area contributed by atoms with Gasteiger partial charge in [-0.3, -0.25) is 9.59 Å². The van der Waals surface area contributed by atoms with E-state index in [0.717, 1.165) is 28.6 Å². The molecule has 2 heterocycles. The van der Waals surface area contributed by atoms with E-state index < -0.39 is 0 Å². The molecule has 0 bridgehead atoms. The first-order valence-corrected chi connectivity index (χ1v) is 9.65. The minimum absolute atomic E-state index is 0.00982. The van der Waals surface area contributed by atoms with Crippen molar-refractivity contribution in [2.75, 3.05) is 11.9 Å². The van der Waals surface area contributed by atoms with Crippen molar-refractivity contribution in [3.8, 4) is 0 Å². The van der Waals surface area contributed by atoms with Crippen molar-refractivity contribution in [3.63, 3.8) is 0 Å². The molecule has 0 saturated carbocycles. The Morgan fingerprint density at radius 3 is 2.67 bits per heavy atom. The van der Waals surface area contributed by atoms with Crippen LogP contribution in [0.25, 0.3) is 10.9 Å². The fourth-order valence-corrected chi connectivity index (χ4v) is 3.22. The van der Waals surface area contributed by atoms with Gasteiger partial charge in [-0.1, -0.05) is 30.3 Å². The number of aromatic nitrogens is 3. The molecule has 7 heteroatoms. The van der Waals surface area contributed by atoms with E-state index >= 15 is 0 Å². The third kappa shape index (κ3) is 4.35. The molecule has 1 amide bonds. The topological polar surface area (TPSA) is 99.8 Å². The molecule has 150 valence electrons. The van der Waals surface area contributed by atoms with Crippen molar-refractivity contribution >= 4 is 34.1 Å². The number of carbonyl (C=O) groups is 2. The van der Waals surface area contributed by atoms with Crippen LogP contribution in [0.2, 0.25) is 0 Å². The van der Waals surface area contributed by atoms with Gasteiger partial charge in [-0.05, 0) is 49.2 Å². The number of nitrogens with zero attached hydrogens (tertiary/aromatic N) is 2. The summed E-state index contributed by atoms with van der Waals surface area (Å²) in [5.74, 6) is 0.211. The minimum atomic E-state index is -0.271. The second-order valence-electron chi connectivity index (χ2n) is 6.93. The number of rotatable bonds is 7. The third-order valence-electron chi connectivity index (χ3n) is 4.79. The molecule has 4 rings (SSSR count). The summed E-state index contributed by atoms with van der Waals surface area (Å²) in [6.45, 7) is 2.02. The summed E-state index contributed by atoms with van der Waals surface area (Å²) in [5, 5.41) is 15.2. The SMILES string of the molecule is CC(=O)c1cccc(Nc2ccc(C(=O)NCCc3c[nH]c4ccccc34)nn2)c1. The Hall–Kier alpha value is -4.00. The first kappa shape index (κ1) is 19.3. The first-order chi connectivity index (χ1) is 14.6. The number of H-pyrrole nitrogens is 1. The van der Waals surface area contributed by atoms with E-state index in [-0.39, 0.29) is 17.4 Å². The molecule has 30 heavy (non-hydrogen) atoms. The number of amides is 1. The quantitative estimate of drug-likeness (QED) is 0.410. The van der Waals surface area contributed by atoms with Gasteiger partial charge >= 0.3 is 0 Å². The van der Waals surface area contributed by atoms with Crippen LogP contribution in [0.4, 0.5) is 11.5 Å². The number of benzene rings is 2. The number of aromatic amines is 1. The van der Waals surface area contributed by atoms with Crippen LogP contribution in [0.15, 0.2) is 66.9 Å². The monoisotopic (exact) mass is 399 g/mol. The van der Waals surface area contributed by atoms with Crippen LogP contribution < -0.4 is 10.6 Å². The standard InChI is InChI=1S/C23H21N5O2/c1-15(29)16-5-4-6-18(13-16)26-22-10-9-21(27-28-22)23(30)24-12-11-17-14-25-20-8-3-2-7-19(17)20/h2-10,13-14,25H,11-12H2,1H3,(H,24,30)(H,26,28). The predicted molar refractivity (Wildman–Crippen MR) is 116 cm³/mol. The summed E-state index contributed by atoms with van der Waals surface area (Å²) in [6.07, 6.45) is 2.69. The van der Waals surface area contributed by atoms with Crippen LogP contribution in [0.1, 0.15) is 33.3 Å². The Morgan fingerprint density at radius 2 is 1.87 bits per heavy atom. The van der Waals surface area contributed by atoms with Gasteiger partial charge < -0.3 is 15.6 Å². The number of hydrogen-bond donors (Lipinski definition) is 3. The van der Waals surface area contributed by atoms with E-state index in [1.165, 1.54) is 6.92 Å². The van der Waals surface area contributed by atoms with Crippen molar-refractivity contribution in [1.29, 1.82) is 0 Å². The van der Waals surface area contributed by atoms with Crippen LogP contribution in [0.5, 0.6) is 0 Å². The maximum absolute atomic E-state index is 12.3. The molecule has 0 aliphatic carbocycles. The number of para-hydroxylation sites is 1. The summed E-state index contributed by atoms with van der Waals surface area (Å²) < 4.78 is 0. The number of Topliss-reactive ketones (excluding diaryl/α,β-unsaturated/α-hetero) is 1. The molecular formula is C23H21N5O2. The van der Waals surface area contributed by atoms with Gasteiger partial charge in [0.2, 0.25) is 0 Å². The Balaban J connectivity index is 1.34. The Kier molecular flexibility index (Phi) is 5.52. The van der Waals surface area contributed by atoms with Gasteiger partial charge in [0.15, 0.2) is 17.3 Å². The average Bonchev–Trinajstić information content (AvgIpc) is 3.17. The lowest BCUT2D eigenvalue weighted by Gasteiger charge is -2.07. The van der Waals surface area contributed by atoms with Crippen LogP contribution in [-0.4, -0.2) is 33.4 Å². The molecular weight excluding hydrogens is 378 g/mol. The van der Waals surface area contributed by atoms with Gasteiger partial charge in [0, 0.05) is 34.9 Å². The summed E-state index contributed by atoms with van der Waals surface area (Å²) in [6, 6.07) is 18.5. The molecule has 0 aliphatic heterocycles. The predicted octanol–water partition coefficient (Wildman–Crippen LogP) is 3.88. The van der Waals surface area contributed by atoms with E-state index in [2.05, 4.69) is 31.9 Å². The normalized spacial score (nSPS) is 10.7. The molecule has 0 unspecified atom stereocenters. The van der Waals surface area contributed by atoms with Crippen LogP contribution in [-0.2, 0) is 6.42 Å². The van der Waals surface area contributed by atoms with Crippen molar-refractivity contribution < 1.29 is 9.59 Å². The summed E-state index contributed by atoms with van der Waals surface area (Å²) in [7, 11) is 0. The maximum Gasteiger partial charge on any atom is 0.271 e. The molecule has 3 N–H and O–H groups in total. The van der Waals surface area contributed by atoms with Gasteiger partial charge in [0.05, 0.1) is 0 Å². The second-order valence-corrected chi connectivity index (χ2v) is 6.93. The molecule has 0 radical (unpaired) electrons. The Morgan fingerprint density at radius 1 is 1.00 bits per heavy atom. The van der Waals surface area contributed by atoms with Gasteiger partial charge in [-0.2, -0.15) is 0 Å². The maximum atomic E-state index is 12.3. The molecule has 0 saturated heterocycles. The van der Waals surface area contributed by atoms with Gasteiger partial charge in [-0.15, -0.1) is 10.2 Å². The van der Waals surface area contributed by atoms with Crippen molar-refractivity contribution in [1.82, 2.24) is 20.5 Å². The molecule has 4 aromatic rings. The van der Waals surface area contributed by atoms with Crippen molar-refractivity contribution in [3.05, 3.63) is 83.7 Å². The lowest BCUT2D eigenvalue weighted by Crippen LogP contribution is -2.26. The molecule has 2 aromatic heterocycles. The van der Waals surface area contributed by atoms with Crippen molar-refractivity contribution in [2.45, 2.75) is 13.3 Å². The lowest BCUT2D eigenvalue weighted by atomic mass is 10.1. The van der Waals surface area contributed by atoms with Gasteiger partial charge in [-0.25, -0.2) is 0 Å². The zero-order chi connectivity index (χ0) is 20.9. The van der Waals surface area contributed by atoms with E-state index in [4.69, 9.17) is 0 Å².